The minimum atomic E-state index is -0.135. The Morgan fingerprint density at radius 1 is 0.525 bits per heavy atom. The highest BCUT2D eigenvalue weighted by molar-refractivity contribution is 6.07. The molecule has 0 unspecified atom stereocenters. The summed E-state index contributed by atoms with van der Waals surface area (Å²) in [5.41, 5.74) is 8.20. The van der Waals surface area contributed by atoms with Gasteiger partial charge < -0.3 is 9.80 Å². The van der Waals surface area contributed by atoms with Gasteiger partial charge in [0, 0.05) is 39.0 Å². The Balaban J connectivity index is 1.00. The molecule has 0 aliphatic carbocycles. The van der Waals surface area contributed by atoms with E-state index in [9.17, 15) is 9.59 Å². The Kier molecular flexibility index (Phi) is 6.00. The number of aliphatic imine (C=N–C) groups is 2. The lowest BCUT2D eigenvalue weighted by molar-refractivity contribution is 0.0529. The molecule has 2 amide bonds. The number of hydrogen-bond donors (Lipinski definition) is 0. The van der Waals surface area contributed by atoms with E-state index >= 15 is 0 Å². The van der Waals surface area contributed by atoms with Crippen LogP contribution in [-0.4, -0.2) is 69.2 Å². The van der Waals surface area contributed by atoms with Gasteiger partial charge in [-0.1, -0.05) is 48.5 Å². The van der Waals surface area contributed by atoms with Crippen LogP contribution >= 0.6 is 0 Å². The van der Waals surface area contributed by atoms with Crippen LogP contribution in [0.15, 0.2) is 94.9 Å². The smallest absolute Gasteiger partial charge is 0.272 e. The SMILES string of the molecule is O=C(c1cccc(C2=Nc3ccccc3C2)n1)N1CCN(C(=O)c2cccc(C3=Nc4ccccc4C3)n2)CC1. The molecule has 2 aromatic heterocycles. The van der Waals surface area contributed by atoms with Gasteiger partial charge in [0.05, 0.1) is 34.2 Å². The summed E-state index contributed by atoms with van der Waals surface area (Å²) in [7, 11) is 0. The lowest BCUT2D eigenvalue weighted by Gasteiger charge is -2.34. The summed E-state index contributed by atoms with van der Waals surface area (Å²) >= 11 is 0. The molecule has 0 N–H and O–H groups in total. The lowest BCUT2D eigenvalue weighted by atomic mass is 10.1. The second-order valence-electron chi connectivity index (χ2n) is 10.1. The van der Waals surface area contributed by atoms with Gasteiger partial charge in [-0.25, -0.2) is 9.97 Å². The van der Waals surface area contributed by atoms with Crippen molar-refractivity contribution in [2.24, 2.45) is 9.98 Å². The Morgan fingerprint density at radius 3 is 1.38 bits per heavy atom. The van der Waals surface area contributed by atoms with Crippen molar-refractivity contribution in [3.63, 3.8) is 0 Å². The van der Waals surface area contributed by atoms with Crippen LogP contribution in [0.4, 0.5) is 11.4 Å². The van der Waals surface area contributed by atoms with E-state index in [0.717, 1.165) is 45.3 Å². The number of para-hydroxylation sites is 2. The second kappa shape index (κ2) is 9.96. The maximum Gasteiger partial charge on any atom is 0.272 e. The van der Waals surface area contributed by atoms with Gasteiger partial charge in [0.1, 0.15) is 11.4 Å². The van der Waals surface area contributed by atoms with E-state index in [1.807, 2.05) is 60.7 Å². The summed E-state index contributed by atoms with van der Waals surface area (Å²) in [4.78, 5) is 48.9. The van der Waals surface area contributed by atoms with E-state index < -0.39 is 0 Å². The van der Waals surface area contributed by atoms with Gasteiger partial charge in [0.2, 0.25) is 0 Å². The standard InChI is InChI=1S/C32H26N6O2/c39-31(27-13-5-11-25(35-27)29-19-21-7-1-3-9-23(21)33-29)37-15-17-38(18-16-37)32(40)28-14-6-12-26(36-28)30-20-22-8-2-4-10-24(22)34-30/h1-14H,15-20H2. The van der Waals surface area contributed by atoms with E-state index in [4.69, 9.17) is 9.98 Å². The Morgan fingerprint density at radius 2 is 0.950 bits per heavy atom. The normalized spacial score (nSPS) is 15.8. The number of fused-ring (bicyclic) bond motifs is 2. The molecule has 0 bridgehead atoms. The molecule has 7 rings (SSSR count). The van der Waals surface area contributed by atoms with E-state index in [2.05, 4.69) is 22.1 Å². The maximum absolute atomic E-state index is 13.3. The fraction of sp³-hybridized carbons (Fsp3) is 0.188. The van der Waals surface area contributed by atoms with Crippen molar-refractivity contribution in [1.29, 1.82) is 0 Å². The fourth-order valence-corrected chi connectivity index (χ4v) is 5.43. The molecular weight excluding hydrogens is 500 g/mol. The third kappa shape index (κ3) is 4.47. The van der Waals surface area contributed by atoms with Crippen LogP contribution in [0.25, 0.3) is 0 Å². The predicted octanol–water partition coefficient (Wildman–Crippen LogP) is 4.43. The van der Waals surface area contributed by atoms with Gasteiger partial charge in [-0.05, 0) is 47.5 Å². The fourth-order valence-electron chi connectivity index (χ4n) is 5.43. The molecule has 1 fully saturated rings. The predicted molar refractivity (Wildman–Crippen MR) is 153 cm³/mol. The zero-order chi connectivity index (χ0) is 27.1. The number of rotatable bonds is 4. The quantitative estimate of drug-likeness (QED) is 0.393. The van der Waals surface area contributed by atoms with Crippen LogP contribution in [0.5, 0.6) is 0 Å². The first-order valence-electron chi connectivity index (χ1n) is 13.5. The second-order valence-corrected chi connectivity index (χ2v) is 10.1. The van der Waals surface area contributed by atoms with E-state index in [1.165, 1.54) is 0 Å². The Bertz CT molecular complexity index is 1590. The van der Waals surface area contributed by atoms with E-state index in [1.54, 1.807) is 21.9 Å². The third-order valence-electron chi connectivity index (χ3n) is 7.59. The molecule has 1 saturated heterocycles. The van der Waals surface area contributed by atoms with Crippen LogP contribution in [0.3, 0.4) is 0 Å². The molecule has 0 radical (unpaired) electrons. The zero-order valence-corrected chi connectivity index (χ0v) is 21.8. The number of piperazine rings is 1. The Hall–Kier alpha value is -4.98. The van der Waals surface area contributed by atoms with Crippen molar-refractivity contribution < 1.29 is 9.59 Å². The molecule has 8 nitrogen and oxygen atoms in total. The maximum atomic E-state index is 13.3. The highest BCUT2D eigenvalue weighted by Gasteiger charge is 2.28. The minimum Gasteiger partial charge on any atom is -0.334 e. The monoisotopic (exact) mass is 526 g/mol. The van der Waals surface area contributed by atoms with Crippen molar-refractivity contribution in [2.75, 3.05) is 26.2 Å². The number of hydrogen-bond acceptors (Lipinski definition) is 6. The average Bonchev–Trinajstić information content (AvgIpc) is 3.65. The molecule has 0 spiro atoms. The van der Waals surface area contributed by atoms with Gasteiger partial charge in [-0.3, -0.25) is 19.6 Å². The van der Waals surface area contributed by atoms with Gasteiger partial charge in [0.15, 0.2) is 0 Å². The van der Waals surface area contributed by atoms with Crippen molar-refractivity contribution in [3.8, 4) is 0 Å². The molecular formula is C32H26N6O2. The molecule has 40 heavy (non-hydrogen) atoms. The van der Waals surface area contributed by atoms with Crippen LogP contribution in [0.2, 0.25) is 0 Å². The van der Waals surface area contributed by atoms with Gasteiger partial charge >= 0.3 is 0 Å². The Labute approximate surface area is 231 Å². The van der Waals surface area contributed by atoms with Crippen molar-refractivity contribution in [2.45, 2.75) is 12.8 Å². The minimum absolute atomic E-state index is 0.135. The van der Waals surface area contributed by atoms with Crippen LogP contribution in [-0.2, 0) is 12.8 Å². The highest BCUT2D eigenvalue weighted by atomic mass is 16.2. The summed E-state index contributed by atoms with van der Waals surface area (Å²) in [6.45, 7) is 1.74. The van der Waals surface area contributed by atoms with Crippen LogP contribution in [0, 0.1) is 0 Å². The molecule has 196 valence electrons. The first-order valence-corrected chi connectivity index (χ1v) is 13.5. The molecule has 3 aliphatic heterocycles. The molecule has 0 atom stereocenters. The van der Waals surface area contributed by atoms with Gasteiger partial charge in [-0.15, -0.1) is 0 Å². The summed E-state index contributed by atoms with van der Waals surface area (Å²) in [5, 5.41) is 0. The number of amides is 2. The number of carbonyl (C=O) groups excluding carboxylic acids is 2. The van der Waals surface area contributed by atoms with Crippen molar-refractivity contribution in [1.82, 2.24) is 19.8 Å². The topological polar surface area (TPSA) is 91.1 Å². The number of carbonyl (C=O) groups is 2. The summed E-state index contributed by atoms with van der Waals surface area (Å²) in [5.74, 6) is -0.270. The molecule has 4 aromatic rings. The molecule has 2 aromatic carbocycles. The van der Waals surface area contributed by atoms with Crippen molar-refractivity contribution in [3.05, 3.63) is 119 Å². The number of pyridine rings is 2. The average molecular weight is 527 g/mol. The number of benzene rings is 2. The summed E-state index contributed by atoms with van der Waals surface area (Å²) in [6, 6.07) is 27.1. The molecule has 8 heteroatoms. The summed E-state index contributed by atoms with van der Waals surface area (Å²) in [6.07, 6.45) is 1.41. The van der Waals surface area contributed by atoms with Gasteiger partial charge in [-0.2, -0.15) is 0 Å². The lowest BCUT2D eigenvalue weighted by Crippen LogP contribution is -2.51. The van der Waals surface area contributed by atoms with Crippen LogP contribution < -0.4 is 0 Å². The largest absolute Gasteiger partial charge is 0.334 e. The number of nitrogens with zero attached hydrogens (tertiary/aromatic N) is 6. The highest BCUT2D eigenvalue weighted by Crippen LogP contribution is 2.29. The number of aromatic nitrogens is 2. The van der Waals surface area contributed by atoms with Gasteiger partial charge in [0.25, 0.3) is 11.8 Å². The molecule has 0 saturated carbocycles. The van der Waals surface area contributed by atoms with E-state index in [0.29, 0.717) is 50.4 Å². The van der Waals surface area contributed by atoms with E-state index in [-0.39, 0.29) is 11.8 Å². The zero-order valence-electron chi connectivity index (χ0n) is 21.8. The third-order valence-corrected chi connectivity index (χ3v) is 7.59. The first kappa shape index (κ1) is 24.1. The molecule has 3 aliphatic rings. The van der Waals surface area contributed by atoms with Crippen LogP contribution in [0.1, 0.15) is 43.5 Å². The summed E-state index contributed by atoms with van der Waals surface area (Å²) < 4.78 is 0. The molecule has 5 heterocycles. The first-order chi connectivity index (χ1) is 19.6. The van der Waals surface area contributed by atoms with Crippen molar-refractivity contribution >= 4 is 34.6 Å².